The third-order valence-corrected chi connectivity index (χ3v) is 6.79. The van der Waals surface area contributed by atoms with E-state index in [-0.39, 0.29) is 5.91 Å². The number of amides is 1. The van der Waals surface area contributed by atoms with Gasteiger partial charge in [0.1, 0.15) is 11.6 Å². The molecule has 4 aromatic rings. The molecule has 3 aromatic carbocycles. The van der Waals surface area contributed by atoms with Gasteiger partial charge >= 0.3 is 0 Å². The molecule has 0 unspecified atom stereocenters. The normalized spacial score (nSPS) is 11.1. The molecule has 1 amide bonds. The summed E-state index contributed by atoms with van der Waals surface area (Å²) in [7, 11) is 0. The van der Waals surface area contributed by atoms with Crippen LogP contribution in [0.15, 0.2) is 71.2 Å². The van der Waals surface area contributed by atoms with Crippen molar-refractivity contribution in [2.24, 2.45) is 0 Å². The summed E-state index contributed by atoms with van der Waals surface area (Å²) in [6, 6.07) is 22.1. The molecule has 0 fully saturated rings. The standard InChI is InChI=1S/C30H34BrN3O2/c1-22-15-16-28(23(2)20-22)36-19-9-18-34-27-13-6-5-12-26(27)33-29(34)14-4-3-7-17-32-30(35)24-10-8-11-25(31)21-24/h5-6,8,10-13,15-16,20-21H,3-4,7,9,14,17-19H2,1-2H3,(H,32,35). The fraction of sp³-hybridized carbons (Fsp3) is 0.333. The number of nitrogens with one attached hydrogen (secondary N) is 1. The van der Waals surface area contributed by atoms with Gasteiger partial charge in [0.05, 0.1) is 17.6 Å². The lowest BCUT2D eigenvalue weighted by Crippen LogP contribution is -2.24. The minimum atomic E-state index is -0.0267. The highest BCUT2D eigenvalue weighted by Crippen LogP contribution is 2.21. The summed E-state index contributed by atoms with van der Waals surface area (Å²) >= 11 is 3.41. The number of nitrogens with zero attached hydrogens (tertiary/aromatic N) is 2. The molecule has 0 bridgehead atoms. The van der Waals surface area contributed by atoms with Gasteiger partial charge in [-0.25, -0.2) is 4.98 Å². The Kier molecular flexibility index (Phi) is 9.17. The zero-order chi connectivity index (χ0) is 25.3. The molecule has 1 N–H and O–H groups in total. The lowest BCUT2D eigenvalue weighted by atomic mass is 10.1. The zero-order valence-corrected chi connectivity index (χ0v) is 22.7. The molecule has 5 nitrogen and oxygen atoms in total. The van der Waals surface area contributed by atoms with Gasteiger partial charge in [-0.1, -0.05) is 58.2 Å². The Labute approximate surface area is 222 Å². The molecular weight excluding hydrogens is 514 g/mol. The Bertz CT molecular complexity index is 1310. The summed E-state index contributed by atoms with van der Waals surface area (Å²) in [4.78, 5) is 17.2. The van der Waals surface area contributed by atoms with E-state index in [0.717, 1.165) is 60.2 Å². The first-order valence-corrected chi connectivity index (χ1v) is 13.5. The number of carbonyl (C=O) groups excluding carboxylic acids is 1. The van der Waals surface area contributed by atoms with E-state index in [4.69, 9.17) is 9.72 Å². The minimum absolute atomic E-state index is 0.0267. The molecule has 0 atom stereocenters. The van der Waals surface area contributed by atoms with Crippen molar-refractivity contribution in [3.05, 3.63) is 93.7 Å². The first-order chi connectivity index (χ1) is 17.5. The SMILES string of the molecule is Cc1ccc(OCCCn2c(CCCCCNC(=O)c3cccc(Br)c3)nc3ccccc32)c(C)c1. The summed E-state index contributed by atoms with van der Waals surface area (Å²) < 4.78 is 9.31. The molecule has 0 spiro atoms. The van der Waals surface area contributed by atoms with Crippen LogP contribution in [0.4, 0.5) is 0 Å². The van der Waals surface area contributed by atoms with Gasteiger partial charge in [0.15, 0.2) is 0 Å². The Morgan fingerprint density at radius 2 is 1.83 bits per heavy atom. The first kappa shape index (κ1) is 26.0. The number of halogens is 1. The summed E-state index contributed by atoms with van der Waals surface area (Å²) in [5, 5.41) is 3.02. The molecule has 1 aromatic heterocycles. The maximum atomic E-state index is 12.3. The number of aryl methyl sites for hydroxylation is 4. The second-order valence-corrected chi connectivity index (χ2v) is 10.1. The largest absolute Gasteiger partial charge is 0.493 e. The number of imidazole rings is 1. The van der Waals surface area contributed by atoms with Crippen molar-refractivity contribution in [2.45, 2.75) is 52.5 Å². The number of benzene rings is 3. The van der Waals surface area contributed by atoms with E-state index in [1.54, 1.807) is 0 Å². The number of rotatable bonds is 12. The van der Waals surface area contributed by atoms with Crippen molar-refractivity contribution in [2.75, 3.05) is 13.2 Å². The summed E-state index contributed by atoms with van der Waals surface area (Å²) in [6.07, 6.45) is 4.87. The average molecular weight is 549 g/mol. The van der Waals surface area contributed by atoms with Gasteiger partial charge < -0.3 is 14.6 Å². The lowest BCUT2D eigenvalue weighted by molar-refractivity contribution is 0.0953. The molecule has 0 aliphatic rings. The highest BCUT2D eigenvalue weighted by molar-refractivity contribution is 9.10. The van der Waals surface area contributed by atoms with Crippen molar-refractivity contribution in [3.8, 4) is 5.75 Å². The van der Waals surface area contributed by atoms with E-state index in [2.05, 4.69) is 76.1 Å². The van der Waals surface area contributed by atoms with Crippen molar-refractivity contribution in [1.82, 2.24) is 14.9 Å². The van der Waals surface area contributed by atoms with Crippen molar-refractivity contribution >= 4 is 32.9 Å². The van der Waals surface area contributed by atoms with E-state index < -0.39 is 0 Å². The lowest BCUT2D eigenvalue weighted by Gasteiger charge is -2.12. The maximum absolute atomic E-state index is 12.3. The quantitative estimate of drug-likeness (QED) is 0.194. The van der Waals surface area contributed by atoms with Crippen LogP contribution in [0.1, 0.15) is 53.0 Å². The second-order valence-electron chi connectivity index (χ2n) is 9.22. The third-order valence-electron chi connectivity index (χ3n) is 6.30. The number of ether oxygens (including phenoxy) is 1. The number of para-hydroxylation sites is 2. The molecule has 0 radical (unpaired) electrons. The third kappa shape index (κ3) is 6.97. The fourth-order valence-corrected chi connectivity index (χ4v) is 4.85. The van der Waals surface area contributed by atoms with Crippen LogP contribution in [-0.4, -0.2) is 28.6 Å². The number of hydrogen-bond acceptors (Lipinski definition) is 3. The van der Waals surface area contributed by atoms with Gasteiger partial charge in [-0.15, -0.1) is 0 Å². The van der Waals surface area contributed by atoms with Crippen molar-refractivity contribution < 1.29 is 9.53 Å². The van der Waals surface area contributed by atoms with Crippen LogP contribution in [0.2, 0.25) is 0 Å². The number of aromatic nitrogens is 2. The predicted molar refractivity (Wildman–Crippen MR) is 150 cm³/mol. The molecule has 36 heavy (non-hydrogen) atoms. The molecule has 1 heterocycles. The smallest absolute Gasteiger partial charge is 0.251 e. The Hall–Kier alpha value is -3.12. The molecule has 0 aliphatic heterocycles. The molecular formula is C30H34BrN3O2. The van der Waals surface area contributed by atoms with Gasteiger partial charge in [-0.3, -0.25) is 4.79 Å². The minimum Gasteiger partial charge on any atom is -0.493 e. The fourth-order valence-electron chi connectivity index (χ4n) is 4.45. The number of unbranched alkanes of at least 4 members (excludes halogenated alkanes) is 2. The molecule has 0 saturated carbocycles. The summed E-state index contributed by atoms with van der Waals surface area (Å²) in [6.45, 7) is 6.42. The second kappa shape index (κ2) is 12.7. The van der Waals surface area contributed by atoms with Gasteiger partial charge in [0.2, 0.25) is 0 Å². The van der Waals surface area contributed by atoms with Gasteiger partial charge in [0, 0.05) is 29.5 Å². The zero-order valence-electron chi connectivity index (χ0n) is 21.1. The predicted octanol–water partition coefficient (Wildman–Crippen LogP) is 7.03. The first-order valence-electron chi connectivity index (χ1n) is 12.7. The molecule has 188 valence electrons. The van der Waals surface area contributed by atoms with Crippen LogP contribution >= 0.6 is 15.9 Å². The maximum Gasteiger partial charge on any atom is 0.251 e. The Morgan fingerprint density at radius 1 is 0.972 bits per heavy atom. The highest BCUT2D eigenvalue weighted by Gasteiger charge is 2.11. The van der Waals surface area contributed by atoms with Crippen LogP contribution in [0.5, 0.6) is 5.75 Å². The van der Waals surface area contributed by atoms with Crippen molar-refractivity contribution in [1.29, 1.82) is 0 Å². The van der Waals surface area contributed by atoms with Crippen LogP contribution in [-0.2, 0) is 13.0 Å². The highest BCUT2D eigenvalue weighted by atomic mass is 79.9. The van der Waals surface area contributed by atoms with Crippen LogP contribution < -0.4 is 10.1 Å². The molecule has 0 saturated heterocycles. The Balaban J connectivity index is 1.25. The summed E-state index contributed by atoms with van der Waals surface area (Å²) in [5.41, 5.74) is 5.33. The van der Waals surface area contributed by atoms with E-state index >= 15 is 0 Å². The van der Waals surface area contributed by atoms with Gasteiger partial charge in [0.25, 0.3) is 5.91 Å². The van der Waals surface area contributed by atoms with E-state index in [0.29, 0.717) is 18.7 Å². The average Bonchev–Trinajstić information content (AvgIpc) is 3.22. The van der Waals surface area contributed by atoms with Gasteiger partial charge in [-0.05, 0) is 75.1 Å². The van der Waals surface area contributed by atoms with Gasteiger partial charge in [-0.2, -0.15) is 0 Å². The monoisotopic (exact) mass is 547 g/mol. The van der Waals surface area contributed by atoms with E-state index in [1.165, 1.54) is 16.6 Å². The summed E-state index contributed by atoms with van der Waals surface area (Å²) in [5.74, 6) is 2.06. The van der Waals surface area contributed by atoms with Crippen molar-refractivity contribution in [3.63, 3.8) is 0 Å². The van der Waals surface area contributed by atoms with E-state index in [9.17, 15) is 4.79 Å². The number of hydrogen-bond donors (Lipinski definition) is 1. The van der Waals surface area contributed by atoms with Crippen LogP contribution in [0, 0.1) is 13.8 Å². The molecule has 0 aliphatic carbocycles. The number of fused-ring (bicyclic) bond motifs is 1. The van der Waals surface area contributed by atoms with E-state index in [1.807, 2.05) is 30.3 Å². The van der Waals surface area contributed by atoms with Crippen LogP contribution in [0.3, 0.4) is 0 Å². The number of carbonyl (C=O) groups is 1. The topological polar surface area (TPSA) is 56.1 Å². The van der Waals surface area contributed by atoms with Crippen LogP contribution in [0.25, 0.3) is 11.0 Å². The molecule has 6 heteroatoms. The Morgan fingerprint density at radius 3 is 2.67 bits per heavy atom. The molecule has 4 rings (SSSR count).